The van der Waals surface area contributed by atoms with Crippen LogP contribution in [0, 0.1) is 5.82 Å². The summed E-state index contributed by atoms with van der Waals surface area (Å²) in [5, 5.41) is 13.3. The summed E-state index contributed by atoms with van der Waals surface area (Å²) in [7, 11) is 0. The van der Waals surface area contributed by atoms with E-state index in [4.69, 9.17) is 0 Å². The Morgan fingerprint density at radius 1 is 1.17 bits per heavy atom. The lowest BCUT2D eigenvalue weighted by Crippen LogP contribution is -2.38. The lowest BCUT2D eigenvalue weighted by atomic mass is 9.84. The topological polar surface area (TPSA) is 90.8 Å². The van der Waals surface area contributed by atoms with Crippen LogP contribution in [0.4, 0.5) is 17.6 Å². The number of aromatic nitrogens is 2. The molecule has 1 aliphatic carbocycles. The van der Waals surface area contributed by atoms with Crippen molar-refractivity contribution < 1.29 is 32.3 Å². The fraction of sp³-hybridized carbons (Fsp3) is 0.375. The first-order valence-electron chi connectivity index (χ1n) is 11.3. The number of amides is 1. The van der Waals surface area contributed by atoms with E-state index in [2.05, 4.69) is 19.9 Å². The number of aryl methyl sites for hydroxylation is 1. The van der Waals surface area contributed by atoms with Gasteiger partial charge in [-0.15, -0.1) is 13.2 Å². The zero-order chi connectivity index (χ0) is 24.7. The minimum Gasteiger partial charge on any atom is -0.411 e. The molecule has 0 spiro atoms. The van der Waals surface area contributed by atoms with E-state index in [9.17, 15) is 23.2 Å². The summed E-state index contributed by atoms with van der Waals surface area (Å²) < 4.78 is 56.0. The van der Waals surface area contributed by atoms with Crippen LogP contribution in [0.15, 0.2) is 35.6 Å². The molecule has 5 rings (SSSR count). The van der Waals surface area contributed by atoms with Crippen LogP contribution in [0.25, 0.3) is 11.0 Å². The van der Waals surface area contributed by atoms with Gasteiger partial charge < -0.3 is 19.8 Å². The van der Waals surface area contributed by atoms with E-state index in [1.165, 1.54) is 18.3 Å². The molecule has 0 saturated carbocycles. The third-order valence-electron chi connectivity index (χ3n) is 6.72. The number of pyridine rings is 1. The highest BCUT2D eigenvalue weighted by Crippen LogP contribution is 2.39. The Morgan fingerprint density at radius 2 is 1.89 bits per heavy atom. The van der Waals surface area contributed by atoms with Gasteiger partial charge in [-0.05, 0) is 61.4 Å². The number of nitrogens with zero attached hydrogens (tertiary/aromatic N) is 3. The molecule has 1 aromatic carbocycles. The maximum atomic E-state index is 15.1. The molecule has 1 saturated heterocycles. The normalized spacial score (nSPS) is 18.2. The Hall–Kier alpha value is -3.63. The van der Waals surface area contributed by atoms with E-state index in [-0.39, 0.29) is 17.4 Å². The summed E-state index contributed by atoms with van der Waals surface area (Å²) in [6, 6.07) is 4.81. The number of fused-ring (bicyclic) bond motifs is 3. The number of hydrogen-bond donors (Lipinski definition) is 2. The number of hydrogen-bond acceptors (Lipinski definition) is 5. The fourth-order valence-corrected chi connectivity index (χ4v) is 5.08. The number of ether oxygens (including phenoxy) is 1. The molecule has 0 atom stereocenters. The predicted octanol–water partition coefficient (Wildman–Crippen LogP) is 4.94. The number of piperidine rings is 1. The molecule has 11 heteroatoms. The van der Waals surface area contributed by atoms with Gasteiger partial charge in [-0.1, -0.05) is 5.16 Å². The van der Waals surface area contributed by atoms with Crippen molar-refractivity contribution in [2.24, 2.45) is 5.16 Å². The first-order chi connectivity index (χ1) is 16.7. The molecule has 35 heavy (non-hydrogen) atoms. The van der Waals surface area contributed by atoms with Crippen LogP contribution in [-0.4, -0.2) is 51.1 Å². The van der Waals surface area contributed by atoms with Gasteiger partial charge in [-0.25, -0.2) is 9.37 Å². The SMILES string of the molecule is O=C(c1ccc(OC(F)(F)F)cc1)N1CCC(c2c(F)cnc3[nH]c4c(c23)CC(=NO)CC4)CC1. The van der Waals surface area contributed by atoms with Gasteiger partial charge in [0, 0.05) is 41.7 Å². The fourth-order valence-electron chi connectivity index (χ4n) is 5.08. The van der Waals surface area contributed by atoms with Gasteiger partial charge in [0.25, 0.3) is 5.91 Å². The number of H-pyrrole nitrogens is 1. The zero-order valence-corrected chi connectivity index (χ0v) is 18.5. The summed E-state index contributed by atoms with van der Waals surface area (Å²) in [6.07, 6.45) is -0.829. The van der Waals surface area contributed by atoms with E-state index in [0.717, 1.165) is 28.8 Å². The lowest BCUT2D eigenvalue weighted by Gasteiger charge is -2.33. The van der Waals surface area contributed by atoms with Crippen LogP contribution in [0.3, 0.4) is 0 Å². The highest BCUT2D eigenvalue weighted by atomic mass is 19.4. The summed E-state index contributed by atoms with van der Waals surface area (Å²) in [5.74, 6) is -1.24. The number of alkyl halides is 3. The minimum atomic E-state index is -4.80. The second-order valence-electron chi connectivity index (χ2n) is 8.81. The number of oxime groups is 1. The van der Waals surface area contributed by atoms with Gasteiger partial charge in [0.05, 0.1) is 11.9 Å². The average Bonchev–Trinajstić information content (AvgIpc) is 3.21. The van der Waals surface area contributed by atoms with Gasteiger partial charge in [-0.3, -0.25) is 4.79 Å². The Bertz CT molecular complexity index is 1290. The smallest absolute Gasteiger partial charge is 0.411 e. The summed E-state index contributed by atoms with van der Waals surface area (Å²) >= 11 is 0. The molecule has 2 N–H and O–H groups in total. The molecule has 7 nitrogen and oxygen atoms in total. The van der Waals surface area contributed by atoms with Crippen molar-refractivity contribution in [1.29, 1.82) is 0 Å². The van der Waals surface area contributed by atoms with Gasteiger partial charge in [0.15, 0.2) is 0 Å². The maximum absolute atomic E-state index is 15.1. The summed E-state index contributed by atoms with van der Waals surface area (Å²) in [4.78, 5) is 22.0. The molecule has 0 bridgehead atoms. The zero-order valence-electron chi connectivity index (χ0n) is 18.5. The number of aromatic amines is 1. The molecule has 0 unspecified atom stereocenters. The van der Waals surface area contributed by atoms with Crippen molar-refractivity contribution in [3.05, 3.63) is 58.7 Å². The first kappa shape index (κ1) is 23.1. The third-order valence-corrected chi connectivity index (χ3v) is 6.72. The molecule has 1 amide bonds. The van der Waals surface area contributed by atoms with Crippen LogP contribution in [0.5, 0.6) is 5.75 Å². The molecular formula is C24H22F4N4O3. The largest absolute Gasteiger partial charge is 0.573 e. The lowest BCUT2D eigenvalue weighted by molar-refractivity contribution is -0.274. The Balaban J connectivity index is 1.33. The highest BCUT2D eigenvalue weighted by Gasteiger charge is 2.32. The molecule has 1 fully saturated rings. The number of likely N-dealkylation sites (tertiary alicyclic amines) is 1. The molecule has 1 aliphatic heterocycles. The number of benzene rings is 1. The van der Waals surface area contributed by atoms with Gasteiger partial charge in [-0.2, -0.15) is 0 Å². The maximum Gasteiger partial charge on any atom is 0.573 e. The van der Waals surface area contributed by atoms with E-state index >= 15 is 4.39 Å². The Labute approximate surface area is 197 Å². The molecule has 3 aromatic rings. The van der Waals surface area contributed by atoms with Gasteiger partial charge in [0.2, 0.25) is 0 Å². The summed E-state index contributed by atoms with van der Waals surface area (Å²) in [6.45, 7) is 0.757. The van der Waals surface area contributed by atoms with Crippen molar-refractivity contribution in [2.75, 3.05) is 13.1 Å². The monoisotopic (exact) mass is 490 g/mol. The van der Waals surface area contributed by atoms with E-state index in [1.807, 2.05) is 0 Å². The molecule has 0 radical (unpaired) electrons. The molecular weight excluding hydrogens is 468 g/mol. The molecule has 2 aliphatic rings. The van der Waals surface area contributed by atoms with E-state index in [0.29, 0.717) is 62.1 Å². The van der Waals surface area contributed by atoms with Crippen LogP contribution in [0.2, 0.25) is 0 Å². The predicted molar refractivity (Wildman–Crippen MR) is 118 cm³/mol. The number of rotatable bonds is 3. The Kier molecular flexibility index (Phi) is 5.86. The average molecular weight is 490 g/mol. The van der Waals surface area contributed by atoms with E-state index < -0.39 is 17.9 Å². The van der Waals surface area contributed by atoms with Gasteiger partial charge >= 0.3 is 6.36 Å². The van der Waals surface area contributed by atoms with Crippen LogP contribution >= 0.6 is 0 Å². The standard InChI is InChI=1S/C24H22F4N4O3/c25-18-12-29-22-21(17-11-15(31-34)3-6-19(17)30-22)20(18)13-7-9-32(10-8-13)23(33)14-1-4-16(5-2-14)35-24(26,27)28/h1-2,4-5,12-13,34H,3,6-11H2,(H,29,30). The van der Waals surface area contributed by atoms with Crippen molar-refractivity contribution in [1.82, 2.24) is 14.9 Å². The van der Waals surface area contributed by atoms with Crippen LogP contribution in [0.1, 0.15) is 52.4 Å². The second kappa shape index (κ2) is 8.86. The number of nitrogens with one attached hydrogen (secondary N) is 1. The summed E-state index contributed by atoms with van der Waals surface area (Å²) in [5.41, 5.74) is 3.93. The molecule has 184 valence electrons. The van der Waals surface area contributed by atoms with Crippen molar-refractivity contribution in [3.63, 3.8) is 0 Å². The van der Waals surface area contributed by atoms with Crippen LogP contribution < -0.4 is 4.74 Å². The van der Waals surface area contributed by atoms with Crippen molar-refractivity contribution in [2.45, 2.75) is 44.4 Å². The number of halogens is 4. The first-order valence-corrected chi connectivity index (χ1v) is 11.3. The van der Waals surface area contributed by atoms with Crippen molar-refractivity contribution >= 4 is 22.7 Å². The van der Waals surface area contributed by atoms with E-state index in [1.54, 1.807) is 4.90 Å². The molecule has 3 heterocycles. The van der Waals surface area contributed by atoms with Crippen LogP contribution in [-0.2, 0) is 12.8 Å². The van der Waals surface area contributed by atoms with Gasteiger partial charge in [0.1, 0.15) is 17.2 Å². The minimum absolute atomic E-state index is 0.136. The Morgan fingerprint density at radius 3 is 2.54 bits per heavy atom. The highest BCUT2D eigenvalue weighted by molar-refractivity contribution is 5.96. The second-order valence-corrected chi connectivity index (χ2v) is 8.81. The quantitative estimate of drug-likeness (QED) is 0.309. The number of carbonyl (C=O) groups is 1. The molecule has 2 aromatic heterocycles. The number of carbonyl (C=O) groups excluding carboxylic acids is 1. The third kappa shape index (κ3) is 4.54. The van der Waals surface area contributed by atoms with Crippen molar-refractivity contribution in [3.8, 4) is 5.75 Å².